The fourth-order valence-electron chi connectivity index (χ4n) is 2.05. The van der Waals surface area contributed by atoms with Gasteiger partial charge >= 0.3 is 6.09 Å². The minimum absolute atomic E-state index is 0.376. The first kappa shape index (κ1) is 10.3. The van der Waals surface area contributed by atoms with Crippen LogP contribution in [0.5, 0.6) is 0 Å². The molecule has 1 aromatic carbocycles. The Morgan fingerprint density at radius 3 is 3.00 bits per heavy atom. The summed E-state index contributed by atoms with van der Waals surface area (Å²) in [6.45, 7) is 0. The van der Waals surface area contributed by atoms with Crippen LogP contribution in [0.1, 0.15) is 17.2 Å². The molecule has 6 nitrogen and oxygen atoms in total. The highest BCUT2D eigenvalue weighted by Crippen LogP contribution is 2.33. The average Bonchev–Trinajstić information content (AvgIpc) is 2.57. The van der Waals surface area contributed by atoms with Gasteiger partial charge in [-0.25, -0.2) is 4.79 Å². The van der Waals surface area contributed by atoms with Gasteiger partial charge in [0.1, 0.15) is 0 Å². The maximum Gasteiger partial charge on any atom is 0.405 e. The molecule has 0 saturated carbocycles. The lowest BCUT2D eigenvalue weighted by atomic mass is 10.1. The number of nitrogens with one attached hydrogen (secondary N) is 1. The highest BCUT2D eigenvalue weighted by atomic mass is 16.4. The summed E-state index contributed by atoms with van der Waals surface area (Å²) < 4.78 is 0. The van der Waals surface area contributed by atoms with E-state index in [1.165, 1.54) is 0 Å². The zero-order valence-corrected chi connectivity index (χ0v) is 8.37. The smallest absolute Gasteiger partial charge is 0.405 e. The predicted octanol–water partition coefficient (Wildman–Crippen LogP) is 2.23. The van der Waals surface area contributed by atoms with Crippen molar-refractivity contribution >= 4 is 6.09 Å². The van der Waals surface area contributed by atoms with Crippen LogP contribution < -0.4 is 5.32 Å². The number of rotatable bonds is 2. The molecule has 2 atom stereocenters. The third-order valence-electron chi connectivity index (χ3n) is 2.68. The van der Waals surface area contributed by atoms with E-state index in [1.807, 2.05) is 24.3 Å². The van der Waals surface area contributed by atoms with Crippen molar-refractivity contribution < 1.29 is 9.90 Å². The summed E-state index contributed by atoms with van der Waals surface area (Å²) in [6.07, 6.45) is -0.537. The van der Waals surface area contributed by atoms with Gasteiger partial charge in [0.05, 0.1) is 12.1 Å². The number of hydrogen-bond acceptors (Lipinski definition) is 2. The number of carbonyl (C=O) groups is 1. The molecule has 1 amide bonds. The fraction of sp³-hybridized carbons (Fsp3) is 0.300. The standard InChI is InChI=1S/C10H10N4O2/c11-14-13-8-5-6-3-1-2-4-7(6)9(8)12-10(15)16/h1-4,8-9,12H,5H2,(H,15,16). The highest BCUT2D eigenvalue weighted by Gasteiger charge is 2.32. The van der Waals surface area contributed by atoms with E-state index in [9.17, 15) is 4.79 Å². The van der Waals surface area contributed by atoms with Crippen LogP contribution in [0.4, 0.5) is 4.79 Å². The molecule has 82 valence electrons. The number of hydrogen-bond donors (Lipinski definition) is 2. The molecule has 0 aliphatic heterocycles. The van der Waals surface area contributed by atoms with Gasteiger partial charge in [-0.05, 0) is 23.1 Å². The summed E-state index contributed by atoms with van der Waals surface area (Å²) in [5, 5.41) is 14.8. The largest absolute Gasteiger partial charge is 0.465 e. The minimum Gasteiger partial charge on any atom is -0.465 e. The van der Waals surface area contributed by atoms with Crippen molar-refractivity contribution in [3.8, 4) is 0 Å². The first-order valence-electron chi connectivity index (χ1n) is 4.84. The number of benzene rings is 1. The van der Waals surface area contributed by atoms with Crippen LogP contribution in [-0.4, -0.2) is 17.2 Å². The van der Waals surface area contributed by atoms with Crippen LogP contribution in [0.3, 0.4) is 0 Å². The van der Waals surface area contributed by atoms with Crippen LogP contribution in [0.15, 0.2) is 29.4 Å². The molecule has 1 aliphatic rings. The highest BCUT2D eigenvalue weighted by molar-refractivity contribution is 5.66. The van der Waals surface area contributed by atoms with Crippen molar-refractivity contribution in [1.82, 2.24) is 5.32 Å². The Labute approximate surface area is 91.5 Å². The normalized spacial score (nSPS) is 22.0. The van der Waals surface area contributed by atoms with E-state index >= 15 is 0 Å². The summed E-state index contributed by atoms with van der Waals surface area (Å²) in [4.78, 5) is 13.4. The van der Waals surface area contributed by atoms with E-state index in [0.29, 0.717) is 6.42 Å². The topological polar surface area (TPSA) is 98.1 Å². The van der Waals surface area contributed by atoms with Crippen molar-refractivity contribution in [1.29, 1.82) is 0 Å². The van der Waals surface area contributed by atoms with Gasteiger partial charge in [-0.1, -0.05) is 29.4 Å². The predicted molar refractivity (Wildman–Crippen MR) is 57.0 cm³/mol. The summed E-state index contributed by atoms with van der Waals surface area (Å²) in [6, 6.07) is 6.67. The molecule has 0 aromatic heterocycles. The summed E-state index contributed by atoms with van der Waals surface area (Å²) in [7, 11) is 0. The van der Waals surface area contributed by atoms with E-state index in [-0.39, 0.29) is 6.04 Å². The summed E-state index contributed by atoms with van der Waals surface area (Å²) in [5.41, 5.74) is 10.4. The molecule has 1 aromatic rings. The Kier molecular flexibility index (Phi) is 2.66. The SMILES string of the molecule is [N-]=[N+]=NC1Cc2ccccc2C1NC(=O)O. The van der Waals surface area contributed by atoms with Gasteiger partial charge in [0.15, 0.2) is 0 Å². The summed E-state index contributed by atoms with van der Waals surface area (Å²) in [5.74, 6) is 0. The quantitative estimate of drug-likeness (QED) is 0.452. The molecule has 0 fully saturated rings. The van der Waals surface area contributed by atoms with Crippen LogP contribution in [0.25, 0.3) is 10.4 Å². The zero-order valence-electron chi connectivity index (χ0n) is 8.37. The van der Waals surface area contributed by atoms with E-state index in [1.54, 1.807) is 0 Å². The second-order valence-electron chi connectivity index (χ2n) is 3.60. The minimum atomic E-state index is -1.11. The third-order valence-corrected chi connectivity index (χ3v) is 2.68. The first-order valence-corrected chi connectivity index (χ1v) is 4.84. The molecule has 0 radical (unpaired) electrons. The number of carboxylic acid groups (broad SMARTS) is 1. The Balaban J connectivity index is 2.35. The monoisotopic (exact) mass is 218 g/mol. The molecule has 0 spiro atoms. The van der Waals surface area contributed by atoms with Crippen LogP contribution in [0.2, 0.25) is 0 Å². The molecule has 2 rings (SSSR count). The second-order valence-corrected chi connectivity index (χ2v) is 3.60. The Morgan fingerprint density at radius 2 is 2.31 bits per heavy atom. The molecule has 2 unspecified atom stereocenters. The van der Waals surface area contributed by atoms with Crippen molar-refractivity contribution in [3.63, 3.8) is 0 Å². The maximum absolute atomic E-state index is 10.7. The summed E-state index contributed by atoms with van der Waals surface area (Å²) >= 11 is 0. The zero-order chi connectivity index (χ0) is 11.5. The molecule has 1 aliphatic carbocycles. The van der Waals surface area contributed by atoms with Crippen molar-refractivity contribution in [2.75, 3.05) is 0 Å². The number of nitrogens with zero attached hydrogens (tertiary/aromatic N) is 3. The first-order chi connectivity index (χ1) is 7.72. The molecule has 6 heteroatoms. The van der Waals surface area contributed by atoms with Crippen molar-refractivity contribution in [3.05, 3.63) is 45.8 Å². The molecule has 0 heterocycles. The van der Waals surface area contributed by atoms with Crippen LogP contribution in [0, 0.1) is 0 Å². The lowest BCUT2D eigenvalue weighted by Crippen LogP contribution is -2.31. The number of fused-ring (bicyclic) bond motifs is 1. The van der Waals surface area contributed by atoms with Gasteiger partial charge < -0.3 is 10.4 Å². The second kappa shape index (κ2) is 4.12. The Morgan fingerprint density at radius 1 is 1.56 bits per heavy atom. The van der Waals surface area contributed by atoms with Gasteiger partial charge in [0.25, 0.3) is 0 Å². The molecule has 0 saturated heterocycles. The van der Waals surface area contributed by atoms with Gasteiger partial charge in [0, 0.05) is 4.91 Å². The lowest BCUT2D eigenvalue weighted by Gasteiger charge is -2.15. The van der Waals surface area contributed by atoms with Crippen LogP contribution >= 0.6 is 0 Å². The van der Waals surface area contributed by atoms with E-state index in [0.717, 1.165) is 11.1 Å². The number of amides is 1. The third kappa shape index (κ3) is 1.78. The van der Waals surface area contributed by atoms with E-state index < -0.39 is 12.1 Å². The van der Waals surface area contributed by atoms with Gasteiger partial charge in [-0.2, -0.15) is 0 Å². The Bertz CT molecular complexity index is 468. The Hall–Kier alpha value is -2.20. The van der Waals surface area contributed by atoms with Crippen molar-refractivity contribution in [2.24, 2.45) is 5.11 Å². The van der Waals surface area contributed by atoms with Crippen LogP contribution in [-0.2, 0) is 6.42 Å². The lowest BCUT2D eigenvalue weighted by molar-refractivity contribution is 0.188. The van der Waals surface area contributed by atoms with Gasteiger partial charge in [-0.15, -0.1) is 0 Å². The molecule has 2 N–H and O–H groups in total. The van der Waals surface area contributed by atoms with E-state index in [4.69, 9.17) is 10.6 Å². The van der Waals surface area contributed by atoms with Crippen molar-refractivity contribution in [2.45, 2.75) is 18.5 Å². The van der Waals surface area contributed by atoms with Gasteiger partial charge in [-0.3, -0.25) is 0 Å². The molecular formula is C10H10N4O2. The fourth-order valence-corrected chi connectivity index (χ4v) is 2.05. The number of azide groups is 1. The van der Waals surface area contributed by atoms with E-state index in [2.05, 4.69) is 15.3 Å². The molecule has 0 bridgehead atoms. The molecular weight excluding hydrogens is 208 g/mol. The van der Waals surface area contributed by atoms with Gasteiger partial charge in [0.2, 0.25) is 0 Å². The maximum atomic E-state index is 10.7. The average molecular weight is 218 g/mol. The molecule has 16 heavy (non-hydrogen) atoms.